The molecular weight excluding hydrogens is 192 g/mol. The predicted molar refractivity (Wildman–Crippen MR) is 46.5 cm³/mol. The van der Waals surface area contributed by atoms with Crippen molar-refractivity contribution in [3.63, 3.8) is 0 Å². The lowest BCUT2D eigenvalue weighted by molar-refractivity contribution is -0.839. The Balaban J connectivity index is 4.08. The Bertz CT molecular complexity index is 206. The molecule has 0 aliphatic rings. The topological polar surface area (TPSA) is 90.7 Å². The van der Waals surface area contributed by atoms with Gasteiger partial charge in [0.25, 0.3) is 0 Å². The molecule has 1 atom stereocenters. The second kappa shape index (κ2) is 6.14. The number of nitrogens with zero attached hydrogens (tertiary/aromatic N) is 1. The van der Waals surface area contributed by atoms with Crippen molar-refractivity contribution in [2.75, 3.05) is 6.54 Å². The summed E-state index contributed by atoms with van der Waals surface area (Å²) in [5.74, 6) is -0.823. The molecule has 1 unspecified atom stereocenters. The van der Waals surface area contributed by atoms with Gasteiger partial charge in [0, 0.05) is 0 Å². The van der Waals surface area contributed by atoms with Gasteiger partial charge in [-0.3, -0.25) is 4.89 Å². The van der Waals surface area contributed by atoms with Crippen molar-refractivity contribution in [3.8, 4) is 0 Å². The first-order valence-corrected chi connectivity index (χ1v) is 4.25. The van der Waals surface area contributed by atoms with E-state index >= 15 is 0 Å². The van der Waals surface area contributed by atoms with E-state index in [9.17, 15) is 14.9 Å². The highest BCUT2D eigenvalue weighted by atomic mass is 17.3. The van der Waals surface area contributed by atoms with E-state index in [2.05, 4.69) is 15.2 Å². The number of carbonyl (C=O) groups excluding carboxylic acids is 1. The summed E-state index contributed by atoms with van der Waals surface area (Å²) in [4.78, 5) is 28.4. The fourth-order valence-electron chi connectivity index (χ4n) is 0.930. The number of rotatable bonds is 6. The molecule has 0 radical (unpaired) electrons. The third-order valence-corrected chi connectivity index (χ3v) is 1.52. The molecule has 0 heterocycles. The van der Waals surface area contributed by atoms with Gasteiger partial charge < -0.3 is 5.32 Å². The van der Waals surface area contributed by atoms with E-state index in [0.717, 1.165) is 0 Å². The normalized spacial score (nSPS) is 12.3. The van der Waals surface area contributed by atoms with Crippen LogP contribution in [0, 0.1) is 16.0 Å². The summed E-state index contributed by atoms with van der Waals surface area (Å²) < 4.78 is 0. The average molecular weight is 206 g/mol. The molecule has 0 amide bonds. The molecule has 0 spiro atoms. The summed E-state index contributed by atoms with van der Waals surface area (Å²) in [5.41, 5.74) is 0. The molecule has 0 saturated heterocycles. The predicted octanol–water partition coefficient (Wildman–Crippen LogP) is 0.287. The minimum atomic E-state index is -1.18. The molecule has 0 saturated carbocycles. The lowest BCUT2D eigenvalue weighted by Gasteiger charge is -2.17. The number of hydrogen-bond donors (Lipinski definition) is 1. The average Bonchev–Trinajstić information content (AvgIpc) is 2.09. The quantitative estimate of drug-likeness (QED) is 0.381. The summed E-state index contributed by atoms with van der Waals surface area (Å²) in [5, 5.41) is 11.4. The van der Waals surface area contributed by atoms with Gasteiger partial charge in [-0.25, -0.2) is 4.79 Å². The van der Waals surface area contributed by atoms with Crippen molar-refractivity contribution < 1.29 is 19.8 Å². The van der Waals surface area contributed by atoms with Gasteiger partial charge in [0.05, 0.1) is 0 Å². The van der Waals surface area contributed by atoms with E-state index in [0.29, 0.717) is 6.54 Å². The molecule has 0 aliphatic heterocycles. The molecule has 14 heavy (non-hydrogen) atoms. The first kappa shape index (κ1) is 12.6. The van der Waals surface area contributed by atoms with Crippen molar-refractivity contribution in [1.29, 1.82) is 0 Å². The number of likely N-dealkylation sites (N-methyl/N-ethyl adjacent to an activating group) is 1. The van der Waals surface area contributed by atoms with Crippen LogP contribution in [-0.4, -0.2) is 23.6 Å². The molecule has 0 aromatic carbocycles. The summed E-state index contributed by atoms with van der Waals surface area (Å²) >= 11 is 0. The zero-order valence-corrected chi connectivity index (χ0v) is 8.35. The van der Waals surface area contributed by atoms with Gasteiger partial charge in [-0.15, -0.1) is 10.1 Å². The Morgan fingerprint density at radius 2 is 2.14 bits per heavy atom. The van der Waals surface area contributed by atoms with Crippen LogP contribution in [0.25, 0.3) is 0 Å². The summed E-state index contributed by atoms with van der Waals surface area (Å²) in [6.07, 6.45) is 0. The van der Waals surface area contributed by atoms with Gasteiger partial charge in [0.15, 0.2) is 0 Å². The van der Waals surface area contributed by atoms with Gasteiger partial charge in [0.2, 0.25) is 0 Å². The van der Waals surface area contributed by atoms with E-state index < -0.39 is 17.1 Å². The zero-order chi connectivity index (χ0) is 11.1. The van der Waals surface area contributed by atoms with E-state index in [1.165, 1.54) is 0 Å². The molecule has 82 valence electrons. The minimum Gasteiger partial charge on any atom is -0.304 e. The largest absolute Gasteiger partial charge is 0.360 e. The molecule has 7 heteroatoms. The Kier molecular flexibility index (Phi) is 5.54. The van der Waals surface area contributed by atoms with Crippen molar-refractivity contribution >= 4 is 5.97 Å². The monoisotopic (exact) mass is 206 g/mol. The van der Waals surface area contributed by atoms with Crippen molar-refractivity contribution in [2.45, 2.75) is 26.8 Å². The second-order valence-electron chi connectivity index (χ2n) is 2.98. The molecule has 0 fully saturated rings. The lowest BCUT2D eigenvalue weighted by Crippen LogP contribution is -2.42. The van der Waals surface area contributed by atoms with Gasteiger partial charge in [0.1, 0.15) is 6.04 Å². The number of carbonyl (C=O) groups is 1. The SMILES string of the molecule is CCNC(C(=O)OO[N+](=O)[O-])C(C)C. The van der Waals surface area contributed by atoms with Crippen molar-refractivity contribution in [1.82, 2.24) is 5.32 Å². The van der Waals surface area contributed by atoms with Crippen molar-refractivity contribution in [3.05, 3.63) is 10.1 Å². The molecule has 0 aromatic heterocycles. The van der Waals surface area contributed by atoms with Crippen LogP contribution in [0.1, 0.15) is 20.8 Å². The maximum atomic E-state index is 11.2. The van der Waals surface area contributed by atoms with Crippen LogP contribution in [0.15, 0.2) is 0 Å². The molecule has 1 N–H and O–H groups in total. The highest BCUT2D eigenvalue weighted by Gasteiger charge is 2.24. The molecule has 0 aliphatic carbocycles. The maximum absolute atomic E-state index is 11.2. The van der Waals surface area contributed by atoms with E-state index in [1.54, 1.807) is 13.8 Å². The third-order valence-electron chi connectivity index (χ3n) is 1.52. The van der Waals surface area contributed by atoms with Gasteiger partial charge >= 0.3 is 11.1 Å². The smallest absolute Gasteiger partial charge is 0.304 e. The molecule has 0 rings (SSSR count). The van der Waals surface area contributed by atoms with Crippen LogP contribution in [0.2, 0.25) is 0 Å². The molecular formula is C7H14N2O5. The zero-order valence-electron chi connectivity index (χ0n) is 8.35. The van der Waals surface area contributed by atoms with Crippen LogP contribution < -0.4 is 5.32 Å². The number of hydrogen-bond acceptors (Lipinski definition) is 6. The molecule has 0 bridgehead atoms. The van der Waals surface area contributed by atoms with Gasteiger partial charge in [-0.05, 0) is 12.5 Å². The first-order chi connectivity index (χ1) is 6.49. The second-order valence-corrected chi connectivity index (χ2v) is 2.98. The standard InChI is InChI=1S/C7H14N2O5/c1-4-8-6(5(2)3)7(10)13-14-9(11)12/h5-6,8H,4H2,1-3H3. The summed E-state index contributed by atoms with van der Waals surface area (Å²) in [6.45, 7) is 5.97. The summed E-state index contributed by atoms with van der Waals surface area (Å²) in [7, 11) is 0. The van der Waals surface area contributed by atoms with Gasteiger partial charge in [-0.2, -0.15) is 0 Å². The Morgan fingerprint density at radius 1 is 1.57 bits per heavy atom. The summed E-state index contributed by atoms with van der Waals surface area (Å²) in [6, 6.07) is -0.597. The Hall–Kier alpha value is -1.37. The molecule has 0 aromatic rings. The highest BCUT2D eigenvalue weighted by Crippen LogP contribution is 2.03. The fraction of sp³-hybridized carbons (Fsp3) is 0.857. The highest BCUT2D eigenvalue weighted by molar-refractivity contribution is 5.75. The number of nitrogens with one attached hydrogen (secondary N) is 1. The third kappa shape index (κ3) is 4.61. The Morgan fingerprint density at radius 3 is 2.50 bits per heavy atom. The van der Waals surface area contributed by atoms with Crippen LogP contribution in [-0.2, 0) is 14.7 Å². The fourth-order valence-corrected chi connectivity index (χ4v) is 0.930. The lowest BCUT2D eigenvalue weighted by atomic mass is 10.1. The van der Waals surface area contributed by atoms with Crippen LogP contribution in [0.5, 0.6) is 0 Å². The maximum Gasteiger partial charge on any atom is 0.360 e. The van der Waals surface area contributed by atoms with E-state index in [1.807, 2.05) is 6.92 Å². The van der Waals surface area contributed by atoms with Crippen LogP contribution >= 0.6 is 0 Å². The first-order valence-electron chi connectivity index (χ1n) is 4.25. The van der Waals surface area contributed by atoms with Gasteiger partial charge in [-0.1, -0.05) is 25.8 Å². The molecule has 7 nitrogen and oxygen atoms in total. The van der Waals surface area contributed by atoms with E-state index in [-0.39, 0.29) is 5.92 Å². The van der Waals surface area contributed by atoms with E-state index in [4.69, 9.17) is 0 Å². The Labute approximate surface area is 81.4 Å². The van der Waals surface area contributed by atoms with Crippen LogP contribution in [0.3, 0.4) is 0 Å². The van der Waals surface area contributed by atoms with Crippen LogP contribution in [0.4, 0.5) is 0 Å². The minimum absolute atomic E-state index is 0.0298. The van der Waals surface area contributed by atoms with Crippen molar-refractivity contribution in [2.24, 2.45) is 5.92 Å².